The van der Waals surface area contributed by atoms with E-state index in [1.54, 1.807) is 63.2 Å². The Bertz CT molecular complexity index is 1260. The predicted molar refractivity (Wildman–Crippen MR) is 137 cm³/mol. The van der Waals surface area contributed by atoms with Crippen LogP contribution in [0.3, 0.4) is 0 Å². The maximum Gasteiger partial charge on any atom is 0.341 e. The van der Waals surface area contributed by atoms with Gasteiger partial charge in [0.25, 0.3) is 5.91 Å². The van der Waals surface area contributed by atoms with Gasteiger partial charge in [-0.1, -0.05) is 12.1 Å². The Kier molecular flexibility index (Phi) is 7.70. The van der Waals surface area contributed by atoms with Crippen molar-refractivity contribution in [1.82, 2.24) is 14.8 Å². The van der Waals surface area contributed by atoms with Crippen LogP contribution < -0.4 is 14.4 Å². The van der Waals surface area contributed by atoms with Crippen LogP contribution in [-0.2, 0) is 25.7 Å². The Labute approximate surface area is 220 Å². The lowest BCUT2D eigenvalue weighted by molar-refractivity contribution is -0.194. The predicted octanol–water partition coefficient (Wildman–Crippen LogP) is 2.68. The number of anilines is 1. The highest BCUT2D eigenvalue weighted by Crippen LogP contribution is 2.26. The number of nitrogens with zero attached hydrogens (tertiary/aromatic N) is 4. The summed E-state index contributed by atoms with van der Waals surface area (Å²) in [6.45, 7) is 6.94. The minimum absolute atomic E-state index is 0.115. The number of aromatic nitrogens is 3. The number of ether oxygens (including phenoxy) is 4. The van der Waals surface area contributed by atoms with E-state index in [-0.39, 0.29) is 13.2 Å². The van der Waals surface area contributed by atoms with Crippen LogP contribution in [0.2, 0.25) is 0 Å². The van der Waals surface area contributed by atoms with Crippen molar-refractivity contribution in [3.05, 3.63) is 60.4 Å². The van der Waals surface area contributed by atoms with Crippen molar-refractivity contribution in [1.29, 1.82) is 0 Å². The Morgan fingerprint density at radius 1 is 1.13 bits per heavy atom. The van der Waals surface area contributed by atoms with Gasteiger partial charge in [0.15, 0.2) is 17.5 Å². The third-order valence-electron chi connectivity index (χ3n) is 5.80. The Balaban J connectivity index is 1.42. The summed E-state index contributed by atoms with van der Waals surface area (Å²) >= 11 is 0. The highest BCUT2D eigenvalue weighted by atomic mass is 16.6. The first-order chi connectivity index (χ1) is 18.0. The summed E-state index contributed by atoms with van der Waals surface area (Å²) in [6, 6.07) is 12.8. The van der Waals surface area contributed by atoms with E-state index in [1.165, 1.54) is 11.8 Å². The van der Waals surface area contributed by atoms with E-state index >= 15 is 0 Å². The Morgan fingerprint density at radius 3 is 2.50 bits per heavy atom. The molecule has 1 saturated heterocycles. The van der Waals surface area contributed by atoms with Crippen LogP contribution in [-0.4, -0.2) is 69.3 Å². The molecule has 1 aromatic carbocycles. The lowest BCUT2D eigenvalue weighted by Crippen LogP contribution is -2.61. The third kappa shape index (κ3) is 6.12. The van der Waals surface area contributed by atoms with Crippen LogP contribution in [0.15, 0.2) is 54.9 Å². The molecule has 11 heteroatoms. The van der Waals surface area contributed by atoms with Crippen molar-refractivity contribution in [2.45, 2.75) is 51.6 Å². The number of esters is 1. The number of rotatable bonds is 8. The van der Waals surface area contributed by atoms with Crippen molar-refractivity contribution in [3.8, 4) is 17.3 Å². The molecule has 38 heavy (non-hydrogen) atoms. The second-order valence-corrected chi connectivity index (χ2v) is 10.0. The summed E-state index contributed by atoms with van der Waals surface area (Å²) in [7, 11) is 1.62. The van der Waals surface area contributed by atoms with Crippen molar-refractivity contribution in [3.63, 3.8) is 0 Å². The quantitative estimate of drug-likeness (QED) is 0.443. The summed E-state index contributed by atoms with van der Waals surface area (Å²) in [4.78, 5) is 31.5. The van der Waals surface area contributed by atoms with E-state index in [0.717, 1.165) is 11.3 Å². The summed E-state index contributed by atoms with van der Waals surface area (Å²) in [5.41, 5.74) is -1.36. The zero-order valence-electron chi connectivity index (χ0n) is 22.1. The highest BCUT2D eigenvalue weighted by molar-refractivity contribution is 6.01. The number of benzene rings is 1. The van der Waals surface area contributed by atoms with Gasteiger partial charge in [0, 0.05) is 18.3 Å². The molecule has 1 amide bonds. The maximum atomic E-state index is 13.2. The van der Waals surface area contributed by atoms with Gasteiger partial charge in [-0.15, -0.1) is 5.10 Å². The van der Waals surface area contributed by atoms with Crippen molar-refractivity contribution < 1.29 is 33.6 Å². The molecule has 3 heterocycles. The van der Waals surface area contributed by atoms with Crippen LogP contribution in [0.4, 0.5) is 5.82 Å². The first-order valence-corrected chi connectivity index (χ1v) is 12.1. The molecule has 11 nitrogen and oxygen atoms in total. The van der Waals surface area contributed by atoms with Crippen LogP contribution >= 0.6 is 0 Å². The molecular formula is C27H32N4O7. The molecule has 2 unspecified atom stereocenters. The zero-order valence-corrected chi connectivity index (χ0v) is 22.1. The number of amides is 1. The largest absolute Gasteiger partial charge is 0.497 e. The molecule has 0 aliphatic carbocycles. The SMILES string of the molecule is COc1ccc(COc2ccc(-n3ccc(N4CCOC(C(C)(O)C(=O)OC(C)(C)C)C4=O)n3)cn2)cc1. The monoisotopic (exact) mass is 524 g/mol. The van der Waals surface area contributed by atoms with Gasteiger partial charge >= 0.3 is 5.97 Å². The molecule has 3 aromatic rings. The zero-order chi connectivity index (χ0) is 27.5. The van der Waals surface area contributed by atoms with Crippen molar-refractivity contribution >= 4 is 17.7 Å². The average Bonchev–Trinajstić information content (AvgIpc) is 3.37. The lowest BCUT2D eigenvalue weighted by atomic mass is 9.96. The molecule has 1 fully saturated rings. The van der Waals surface area contributed by atoms with Crippen molar-refractivity contribution in [2.75, 3.05) is 25.2 Å². The van der Waals surface area contributed by atoms with E-state index in [9.17, 15) is 14.7 Å². The first kappa shape index (κ1) is 27.1. The molecule has 1 aliphatic heterocycles. The van der Waals surface area contributed by atoms with Gasteiger partial charge in [-0.05, 0) is 51.5 Å². The molecule has 0 radical (unpaired) electrons. The molecular weight excluding hydrogens is 492 g/mol. The van der Waals surface area contributed by atoms with E-state index in [4.69, 9.17) is 18.9 Å². The van der Waals surface area contributed by atoms with E-state index in [0.29, 0.717) is 24.0 Å². The molecule has 2 aromatic heterocycles. The third-order valence-corrected chi connectivity index (χ3v) is 5.80. The van der Waals surface area contributed by atoms with Crippen LogP contribution in [0.1, 0.15) is 33.3 Å². The van der Waals surface area contributed by atoms with Gasteiger partial charge in [-0.2, -0.15) is 0 Å². The minimum Gasteiger partial charge on any atom is -0.497 e. The fourth-order valence-electron chi connectivity index (χ4n) is 3.78. The number of methoxy groups -OCH3 is 1. The van der Waals surface area contributed by atoms with E-state index < -0.39 is 29.2 Å². The Morgan fingerprint density at radius 2 is 1.87 bits per heavy atom. The van der Waals surface area contributed by atoms with Gasteiger partial charge in [-0.3, -0.25) is 9.69 Å². The summed E-state index contributed by atoms with van der Waals surface area (Å²) in [5.74, 6) is 0.0575. The van der Waals surface area contributed by atoms with E-state index in [1.807, 2.05) is 24.3 Å². The number of morpholine rings is 1. The highest BCUT2D eigenvalue weighted by Gasteiger charge is 2.50. The number of carbonyl (C=O) groups is 2. The number of hydrogen-bond donors (Lipinski definition) is 1. The second-order valence-electron chi connectivity index (χ2n) is 10.0. The average molecular weight is 525 g/mol. The van der Waals surface area contributed by atoms with Crippen LogP contribution in [0.5, 0.6) is 11.6 Å². The van der Waals surface area contributed by atoms with Crippen LogP contribution in [0.25, 0.3) is 5.69 Å². The van der Waals surface area contributed by atoms with Crippen molar-refractivity contribution in [2.24, 2.45) is 0 Å². The molecule has 0 saturated carbocycles. The molecule has 1 aliphatic rings. The van der Waals surface area contributed by atoms with Gasteiger partial charge < -0.3 is 24.1 Å². The number of hydrogen-bond acceptors (Lipinski definition) is 9. The second kappa shape index (κ2) is 10.8. The normalized spacial score (nSPS) is 17.6. The fraction of sp³-hybridized carbons (Fsp3) is 0.407. The number of pyridine rings is 1. The number of carbonyl (C=O) groups excluding carboxylic acids is 2. The Hall–Kier alpha value is -3.96. The maximum absolute atomic E-state index is 13.2. The van der Waals surface area contributed by atoms with Gasteiger partial charge in [0.1, 0.15) is 18.0 Å². The molecule has 0 spiro atoms. The molecule has 202 valence electrons. The van der Waals surface area contributed by atoms with Crippen LogP contribution in [0, 0.1) is 0 Å². The topological polar surface area (TPSA) is 125 Å². The molecule has 0 bridgehead atoms. The number of aliphatic hydroxyl groups is 1. The summed E-state index contributed by atoms with van der Waals surface area (Å²) in [5, 5.41) is 15.3. The molecule has 2 atom stereocenters. The van der Waals surface area contributed by atoms with Gasteiger partial charge in [-0.25, -0.2) is 14.5 Å². The smallest absolute Gasteiger partial charge is 0.341 e. The standard InChI is InChI=1S/C27H32N4O7/c1-26(2,3)38-25(33)27(4,34)23-24(32)30(14-15-36-23)21-12-13-31(29-21)19-8-11-22(28-16-19)37-17-18-6-9-20(35-5)10-7-18/h6-13,16,23,34H,14-15,17H2,1-5H3. The molecule has 4 rings (SSSR count). The summed E-state index contributed by atoms with van der Waals surface area (Å²) < 4.78 is 23.3. The molecule has 1 N–H and O–H groups in total. The van der Waals surface area contributed by atoms with E-state index in [2.05, 4.69) is 10.1 Å². The minimum atomic E-state index is -2.17. The first-order valence-electron chi connectivity index (χ1n) is 12.1. The summed E-state index contributed by atoms with van der Waals surface area (Å²) in [6.07, 6.45) is 1.87. The van der Waals surface area contributed by atoms with Gasteiger partial charge in [0.2, 0.25) is 5.88 Å². The lowest BCUT2D eigenvalue weighted by Gasteiger charge is -2.38. The fourth-order valence-corrected chi connectivity index (χ4v) is 3.78. The van der Waals surface area contributed by atoms with Gasteiger partial charge in [0.05, 0.1) is 32.1 Å².